The van der Waals surface area contributed by atoms with Crippen molar-refractivity contribution in [2.75, 3.05) is 5.32 Å². The number of thioether (sulfide) groups is 1. The van der Waals surface area contributed by atoms with E-state index in [-0.39, 0.29) is 11.0 Å². The molecule has 1 aliphatic heterocycles. The fraction of sp³-hybridized carbons (Fsp3) is 0.160. The van der Waals surface area contributed by atoms with Gasteiger partial charge < -0.3 is 5.32 Å². The second-order valence-electron chi connectivity index (χ2n) is 7.58. The maximum absolute atomic E-state index is 13.5. The van der Waals surface area contributed by atoms with Gasteiger partial charge in [-0.15, -0.1) is 11.8 Å². The third kappa shape index (κ3) is 2.54. The van der Waals surface area contributed by atoms with E-state index in [1.165, 1.54) is 27.1 Å². The summed E-state index contributed by atoms with van der Waals surface area (Å²) < 4.78 is 0. The van der Waals surface area contributed by atoms with E-state index >= 15 is 0 Å². The van der Waals surface area contributed by atoms with Gasteiger partial charge in [-0.3, -0.25) is 4.79 Å². The maximum atomic E-state index is 13.5. The zero-order valence-electron chi connectivity index (χ0n) is 16.2. The summed E-state index contributed by atoms with van der Waals surface area (Å²) in [6.45, 7) is 6.44. The fourth-order valence-electron chi connectivity index (χ4n) is 4.17. The molecule has 0 fully saturated rings. The molecule has 0 spiro atoms. The molecule has 1 atom stereocenters. The van der Waals surface area contributed by atoms with Crippen LogP contribution < -0.4 is 5.32 Å². The first kappa shape index (κ1) is 17.3. The molecule has 1 N–H and O–H groups in total. The molecule has 1 aliphatic carbocycles. The third-order valence-electron chi connectivity index (χ3n) is 5.77. The molecule has 1 heterocycles. The first-order valence-electron chi connectivity index (χ1n) is 9.53. The van der Waals surface area contributed by atoms with Gasteiger partial charge in [0.1, 0.15) is 0 Å². The fourth-order valence-corrected chi connectivity index (χ4v) is 5.55. The van der Waals surface area contributed by atoms with Gasteiger partial charge in [0.15, 0.2) is 5.78 Å². The number of ketones is 1. The number of fused-ring (bicyclic) bond motifs is 3. The summed E-state index contributed by atoms with van der Waals surface area (Å²) >= 11 is 1.77. The molecule has 3 aromatic rings. The van der Waals surface area contributed by atoms with Crippen LogP contribution in [0.25, 0.3) is 5.70 Å². The lowest BCUT2D eigenvalue weighted by Gasteiger charge is -2.21. The quantitative estimate of drug-likeness (QED) is 0.521. The van der Waals surface area contributed by atoms with Gasteiger partial charge in [-0.2, -0.15) is 0 Å². The van der Waals surface area contributed by atoms with Crippen LogP contribution in [0.3, 0.4) is 0 Å². The lowest BCUT2D eigenvalue weighted by Crippen LogP contribution is -2.09. The predicted molar refractivity (Wildman–Crippen MR) is 117 cm³/mol. The SMILES string of the molecule is Cc1cc(C)c(C2Sc3ccccc3NC3=C2C(=O)c2ccccc23)cc1C. The minimum absolute atomic E-state index is 0.0367. The van der Waals surface area contributed by atoms with Crippen LogP contribution in [-0.2, 0) is 0 Å². The molecule has 2 nitrogen and oxygen atoms in total. The normalized spacial score (nSPS) is 17.5. The van der Waals surface area contributed by atoms with Crippen molar-refractivity contribution in [2.45, 2.75) is 30.9 Å². The Morgan fingerprint density at radius 3 is 2.32 bits per heavy atom. The number of carbonyl (C=O) groups excluding carboxylic acids is 1. The highest BCUT2D eigenvalue weighted by molar-refractivity contribution is 8.00. The molecule has 28 heavy (non-hydrogen) atoms. The molecule has 1 unspecified atom stereocenters. The average molecular weight is 384 g/mol. The highest BCUT2D eigenvalue weighted by Gasteiger charge is 2.38. The Hall–Kier alpha value is -2.78. The van der Waals surface area contributed by atoms with Crippen LogP contribution in [0.2, 0.25) is 0 Å². The van der Waals surface area contributed by atoms with Gasteiger partial charge in [0, 0.05) is 21.6 Å². The topological polar surface area (TPSA) is 29.1 Å². The van der Waals surface area contributed by atoms with Crippen molar-refractivity contribution in [2.24, 2.45) is 0 Å². The van der Waals surface area contributed by atoms with Crippen LogP contribution in [-0.4, -0.2) is 5.78 Å². The molecule has 138 valence electrons. The Balaban J connectivity index is 1.78. The minimum Gasteiger partial charge on any atom is -0.354 e. The highest BCUT2D eigenvalue weighted by atomic mass is 32.2. The van der Waals surface area contributed by atoms with Crippen molar-refractivity contribution in [1.29, 1.82) is 0 Å². The molecule has 0 bridgehead atoms. The maximum Gasteiger partial charge on any atom is 0.193 e. The van der Waals surface area contributed by atoms with Gasteiger partial charge in [-0.1, -0.05) is 48.5 Å². The Morgan fingerprint density at radius 1 is 0.821 bits per heavy atom. The van der Waals surface area contributed by atoms with E-state index in [9.17, 15) is 4.79 Å². The third-order valence-corrected chi connectivity index (χ3v) is 7.11. The Kier molecular flexibility index (Phi) is 3.95. The number of Topliss-reactive ketones (excluding diaryl/α,β-unsaturated/α-hetero) is 1. The number of hydrogen-bond donors (Lipinski definition) is 1. The van der Waals surface area contributed by atoms with Crippen molar-refractivity contribution in [1.82, 2.24) is 0 Å². The highest BCUT2D eigenvalue weighted by Crippen LogP contribution is 2.53. The van der Waals surface area contributed by atoms with Gasteiger partial charge in [0.05, 0.1) is 16.6 Å². The van der Waals surface area contributed by atoms with Crippen LogP contribution in [0, 0.1) is 20.8 Å². The molecular weight excluding hydrogens is 362 g/mol. The summed E-state index contributed by atoms with van der Waals surface area (Å²) in [5.41, 5.74) is 9.70. The summed E-state index contributed by atoms with van der Waals surface area (Å²) in [5, 5.41) is 3.55. The van der Waals surface area contributed by atoms with E-state index in [1.54, 1.807) is 11.8 Å². The molecule has 0 saturated heterocycles. The molecule has 0 amide bonds. The summed E-state index contributed by atoms with van der Waals surface area (Å²) in [6, 6.07) is 20.8. The summed E-state index contributed by atoms with van der Waals surface area (Å²) in [7, 11) is 0. The average Bonchev–Trinajstić information content (AvgIpc) is 2.86. The number of aryl methyl sites for hydroxylation is 3. The number of hydrogen-bond acceptors (Lipinski definition) is 3. The zero-order valence-corrected chi connectivity index (χ0v) is 17.0. The van der Waals surface area contributed by atoms with E-state index < -0.39 is 0 Å². The van der Waals surface area contributed by atoms with Crippen molar-refractivity contribution >= 4 is 28.9 Å². The lowest BCUT2D eigenvalue weighted by atomic mass is 9.93. The van der Waals surface area contributed by atoms with Gasteiger partial charge in [0.25, 0.3) is 0 Å². The number of benzene rings is 3. The molecular formula is C25H21NOS. The molecule has 0 aromatic heterocycles. The van der Waals surface area contributed by atoms with Crippen molar-refractivity contribution in [3.05, 3.63) is 99.6 Å². The van der Waals surface area contributed by atoms with Crippen LogP contribution >= 0.6 is 11.8 Å². The van der Waals surface area contributed by atoms with Crippen LogP contribution in [0.4, 0.5) is 5.69 Å². The van der Waals surface area contributed by atoms with Crippen LogP contribution in [0.1, 0.15) is 43.4 Å². The molecule has 5 rings (SSSR count). The predicted octanol–water partition coefficient (Wildman–Crippen LogP) is 6.48. The molecule has 2 aliphatic rings. The number of carbonyl (C=O) groups is 1. The number of anilines is 1. The molecule has 3 heteroatoms. The molecule has 0 radical (unpaired) electrons. The molecule has 3 aromatic carbocycles. The van der Waals surface area contributed by atoms with Crippen molar-refractivity contribution in [3.63, 3.8) is 0 Å². The smallest absolute Gasteiger partial charge is 0.193 e. The van der Waals surface area contributed by atoms with Gasteiger partial charge in [-0.25, -0.2) is 0 Å². The van der Waals surface area contributed by atoms with E-state index in [0.29, 0.717) is 0 Å². The first-order chi connectivity index (χ1) is 13.5. The van der Waals surface area contributed by atoms with E-state index in [4.69, 9.17) is 0 Å². The number of nitrogens with one attached hydrogen (secondary N) is 1. The Labute approximate surface area is 169 Å². The monoisotopic (exact) mass is 383 g/mol. The largest absolute Gasteiger partial charge is 0.354 e. The summed E-state index contributed by atoms with van der Waals surface area (Å²) in [5.74, 6) is 0.140. The second kappa shape index (κ2) is 6.39. The van der Waals surface area contributed by atoms with E-state index in [0.717, 1.165) is 28.1 Å². The Bertz CT molecular complexity index is 1170. The second-order valence-corrected chi connectivity index (χ2v) is 8.72. The lowest BCUT2D eigenvalue weighted by molar-refractivity contribution is 0.103. The van der Waals surface area contributed by atoms with Crippen molar-refractivity contribution < 1.29 is 4.79 Å². The van der Waals surface area contributed by atoms with Gasteiger partial charge >= 0.3 is 0 Å². The van der Waals surface area contributed by atoms with Gasteiger partial charge in [0.2, 0.25) is 0 Å². The Morgan fingerprint density at radius 2 is 1.50 bits per heavy atom. The standard InChI is InChI=1S/C25H21NOS/c1-14-12-16(3)19(13-15(14)2)25-22-23(17-8-4-5-9-18(17)24(22)27)26-20-10-6-7-11-21(20)28-25/h4-13,25-26H,1-3H3. The summed E-state index contributed by atoms with van der Waals surface area (Å²) in [4.78, 5) is 14.6. The number of rotatable bonds is 1. The minimum atomic E-state index is -0.0367. The van der Waals surface area contributed by atoms with Gasteiger partial charge in [-0.05, 0) is 55.2 Å². The number of para-hydroxylation sites is 1. The van der Waals surface area contributed by atoms with E-state index in [2.05, 4.69) is 56.4 Å². The van der Waals surface area contributed by atoms with Crippen LogP contribution in [0.15, 0.2) is 71.1 Å². The molecule has 0 saturated carbocycles. The first-order valence-corrected chi connectivity index (χ1v) is 10.4. The van der Waals surface area contributed by atoms with E-state index in [1.807, 2.05) is 30.3 Å². The van der Waals surface area contributed by atoms with Crippen molar-refractivity contribution in [3.8, 4) is 0 Å². The van der Waals surface area contributed by atoms with Crippen LogP contribution in [0.5, 0.6) is 0 Å². The zero-order chi connectivity index (χ0) is 19.4. The summed E-state index contributed by atoms with van der Waals surface area (Å²) in [6.07, 6.45) is 0.